The summed E-state index contributed by atoms with van der Waals surface area (Å²) in [5.41, 5.74) is 0.911. The third-order valence-electron chi connectivity index (χ3n) is 3.30. The zero-order chi connectivity index (χ0) is 18.5. The van der Waals surface area contributed by atoms with Crippen molar-refractivity contribution in [1.82, 2.24) is 10.6 Å². The second kappa shape index (κ2) is 13.9. The van der Waals surface area contributed by atoms with Crippen LogP contribution in [-0.2, 0) is 11.2 Å². The fourth-order valence-electron chi connectivity index (χ4n) is 2.08. The van der Waals surface area contributed by atoms with Gasteiger partial charge in [-0.25, -0.2) is 0 Å². The molecule has 0 saturated carbocycles. The molecule has 1 aromatic rings. The normalized spacial score (nSPS) is 11.7. The van der Waals surface area contributed by atoms with Crippen molar-refractivity contribution in [3.8, 4) is 5.75 Å². The monoisotopic (exact) mass is 489 g/mol. The van der Waals surface area contributed by atoms with Crippen LogP contribution in [0.3, 0.4) is 0 Å². The lowest BCUT2D eigenvalue weighted by Crippen LogP contribution is -2.38. The second-order valence-corrected chi connectivity index (χ2v) is 5.27. The third-order valence-corrected chi connectivity index (χ3v) is 3.30. The highest BCUT2D eigenvalue weighted by Crippen LogP contribution is 2.22. The maximum Gasteiger partial charge on any atom is 0.573 e. The van der Waals surface area contributed by atoms with Gasteiger partial charge >= 0.3 is 6.36 Å². The first kappa shape index (κ1) is 24.8. The number of aliphatic imine (C=N–C) groups is 1. The van der Waals surface area contributed by atoms with E-state index < -0.39 is 6.36 Å². The van der Waals surface area contributed by atoms with E-state index in [-0.39, 0.29) is 29.7 Å². The summed E-state index contributed by atoms with van der Waals surface area (Å²) in [5.74, 6) is 0.488. The first-order valence-corrected chi connectivity index (χ1v) is 8.31. The van der Waals surface area contributed by atoms with Crippen LogP contribution in [0.2, 0.25) is 0 Å². The van der Waals surface area contributed by atoms with Crippen molar-refractivity contribution in [3.05, 3.63) is 29.8 Å². The molecule has 0 amide bonds. The first-order chi connectivity index (χ1) is 11.9. The van der Waals surface area contributed by atoms with Crippen LogP contribution < -0.4 is 15.4 Å². The fourth-order valence-corrected chi connectivity index (χ4v) is 2.08. The van der Waals surface area contributed by atoms with Gasteiger partial charge in [-0.15, -0.1) is 37.1 Å². The molecule has 0 fully saturated rings. The number of hydrogen-bond acceptors (Lipinski definition) is 3. The lowest BCUT2D eigenvalue weighted by Gasteiger charge is -2.12. The number of nitrogens with one attached hydrogen (secondary N) is 2. The molecule has 9 heteroatoms. The second-order valence-electron chi connectivity index (χ2n) is 5.27. The minimum atomic E-state index is -4.66. The Kier molecular flexibility index (Phi) is 13.2. The molecule has 0 aliphatic rings. The highest BCUT2D eigenvalue weighted by molar-refractivity contribution is 14.0. The van der Waals surface area contributed by atoms with E-state index in [4.69, 9.17) is 4.74 Å². The minimum Gasteiger partial charge on any atom is -0.406 e. The first-order valence-electron chi connectivity index (χ1n) is 8.31. The Labute approximate surface area is 169 Å². The maximum absolute atomic E-state index is 12.1. The number of benzene rings is 1. The van der Waals surface area contributed by atoms with Gasteiger partial charge in [0.1, 0.15) is 5.75 Å². The number of guanidine groups is 1. The Hall–Kier alpha value is -1.23. The van der Waals surface area contributed by atoms with Gasteiger partial charge in [0.25, 0.3) is 0 Å². The molecule has 150 valence electrons. The lowest BCUT2D eigenvalue weighted by molar-refractivity contribution is -0.274. The lowest BCUT2D eigenvalue weighted by atomic mass is 10.1. The number of hydrogen-bond donors (Lipinski definition) is 2. The van der Waals surface area contributed by atoms with Crippen LogP contribution in [0.1, 0.15) is 25.3 Å². The molecule has 0 saturated heterocycles. The molecule has 0 spiro atoms. The minimum absolute atomic E-state index is 0. The molecule has 0 unspecified atom stereocenters. The van der Waals surface area contributed by atoms with Crippen LogP contribution in [0.4, 0.5) is 13.2 Å². The standard InChI is InChI=1S/C17H26F3N3O2.HI/c1-3-24-13-5-4-11-22-16(21-2)23-12-10-14-6-8-15(9-7-14)25-17(18,19)20;/h6-9H,3-5,10-13H2,1-2H3,(H2,21,22,23);1H. The van der Waals surface area contributed by atoms with Gasteiger partial charge in [0.2, 0.25) is 0 Å². The van der Waals surface area contributed by atoms with Crippen LogP contribution >= 0.6 is 24.0 Å². The van der Waals surface area contributed by atoms with E-state index in [1.54, 1.807) is 19.2 Å². The molecular weight excluding hydrogens is 462 g/mol. The summed E-state index contributed by atoms with van der Waals surface area (Å²) in [7, 11) is 1.69. The molecule has 0 radical (unpaired) electrons. The number of ether oxygens (including phenoxy) is 2. The predicted molar refractivity (Wildman–Crippen MR) is 107 cm³/mol. The van der Waals surface area contributed by atoms with E-state index in [1.165, 1.54) is 12.1 Å². The van der Waals surface area contributed by atoms with Crippen molar-refractivity contribution >= 4 is 29.9 Å². The quantitative estimate of drug-likeness (QED) is 0.228. The van der Waals surface area contributed by atoms with E-state index >= 15 is 0 Å². The van der Waals surface area contributed by atoms with Gasteiger partial charge in [-0.3, -0.25) is 4.99 Å². The number of unbranched alkanes of at least 4 members (excludes halogenated alkanes) is 1. The van der Waals surface area contributed by atoms with Crippen molar-refractivity contribution in [2.45, 2.75) is 32.5 Å². The van der Waals surface area contributed by atoms with Gasteiger partial charge in [-0.2, -0.15) is 0 Å². The molecule has 0 atom stereocenters. The van der Waals surface area contributed by atoms with Crippen LogP contribution in [0.15, 0.2) is 29.3 Å². The Morgan fingerprint density at radius 1 is 1.08 bits per heavy atom. The molecule has 0 aliphatic heterocycles. The van der Waals surface area contributed by atoms with Gasteiger partial charge in [0, 0.05) is 33.4 Å². The molecular formula is C17H27F3IN3O2. The van der Waals surface area contributed by atoms with E-state index in [2.05, 4.69) is 20.4 Å². The molecule has 1 rings (SSSR count). The van der Waals surface area contributed by atoms with Crippen molar-refractivity contribution in [2.24, 2.45) is 4.99 Å². The van der Waals surface area contributed by atoms with Crippen molar-refractivity contribution in [2.75, 3.05) is 33.4 Å². The number of alkyl halides is 3. The summed E-state index contributed by atoms with van der Waals surface area (Å²) >= 11 is 0. The molecule has 0 bridgehead atoms. The number of nitrogens with zero attached hydrogens (tertiary/aromatic N) is 1. The zero-order valence-corrected chi connectivity index (χ0v) is 17.4. The molecule has 0 heterocycles. The largest absolute Gasteiger partial charge is 0.573 e. The predicted octanol–water partition coefficient (Wildman–Crippen LogP) is 3.73. The SMILES string of the molecule is CCOCCCCNC(=NC)NCCc1ccc(OC(F)(F)F)cc1.I. The summed E-state index contributed by atoms with van der Waals surface area (Å²) in [6, 6.07) is 5.86. The summed E-state index contributed by atoms with van der Waals surface area (Å²) in [6.07, 6.45) is -2.02. The topological polar surface area (TPSA) is 54.9 Å². The molecule has 1 aromatic carbocycles. The molecule has 2 N–H and O–H groups in total. The fraction of sp³-hybridized carbons (Fsp3) is 0.588. The summed E-state index contributed by atoms with van der Waals surface area (Å²) in [6.45, 7) is 4.90. The Morgan fingerprint density at radius 2 is 1.73 bits per heavy atom. The van der Waals surface area contributed by atoms with Gasteiger partial charge in [-0.05, 0) is 43.9 Å². The highest BCUT2D eigenvalue weighted by Gasteiger charge is 2.30. The number of halogens is 4. The van der Waals surface area contributed by atoms with Crippen LogP contribution in [0, 0.1) is 0 Å². The molecule has 26 heavy (non-hydrogen) atoms. The number of rotatable bonds is 10. The zero-order valence-electron chi connectivity index (χ0n) is 15.1. The Balaban J connectivity index is 0.00000625. The average molecular weight is 489 g/mol. The van der Waals surface area contributed by atoms with Gasteiger partial charge in [0.15, 0.2) is 5.96 Å². The van der Waals surface area contributed by atoms with Crippen LogP contribution in [0.5, 0.6) is 5.75 Å². The maximum atomic E-state index is 12.1. The summed E-state index contributed by atoms with van der Waals surface area (Å²) in [4.78, 5) is 4.13. The van der Waals surface area contributed by atoms with Crippen LogP contribution in [-0.4, -0.2) is 45.7 Å². The van der Waals surface area contributed by atoms with Crippen molar-refractivity contribution < 1.29 is 22.6 Å². The van der Waals surface area contributed by atoms with E-state index in [0.29, 0.717) is 18.9 Å². The molecule has 0 aliphatic carbocycles. The van der Waals surface area contributed by atoms with Gasteiger partial charge in [-0.1, -0.05) is 12.1 Å². The summed E-state index contributed by atoms with van der Waals surface area (Å²) < 4.78 is 45.4. The van der Waals surface area contributed by atoms with Gasteiger partial charge < -0.3 is 20.1 Å². The van der Waals surface area contributed by atoms with Crippen molar-refractivity contribution in [1.29, 1.82) is 0 Å². The Bertz CT molecular complexity index is 511. The van der Waals surface area contributed by atoms with E-state index in [9.17, 15) is 13.2 Å². The average Bonchev–Trinajstić information content (AvgIpc) is 2.56. The Morgan fingerprint density at radius 3 is 2.31 bits per heavy atom. The molecule has 5 nitrogen and oxygen atoms in total. The third kappa shape index (κ3) is 12.2. The smallest absolute Gasteiger partial charge is 0.406 e. The summed E-state index contributed by atoms with van der Waals surface area (Å²) in [5, 5.41) is 6.38. The van der Waals surface area contributed by atoms with E-state index in [1.807, 2.05) is 6.92 Å². The molecule has 0 aromatic heterocycles. The highest BCUT2D eigenvalue weighted by atomic mass is 127. The van der Waals surface area contributed by atoms with Gasteiger partial charge in [0.05, 0.1) is 0 Å². The van der Waals surface area contributed by atoms with Crippen molar-refractivity contribution in [3.63, 3.8) is 0 Å². The van der Waals surface area contributed by atoms with E-state index in [0.717, 1.165) is 38.2 Å². The van der Waals surface area contributed by atoms with Crippen LogP contribution in [0.25, 0.3) is 0 Å².